The number of benzene rings is 1. The maximum Gasteiger partial charge on any atom is 0.263 e. The highest BCUT2D eigenvalue weighted by Crippen LogP contribution is 2.20. The minimum absolute atomic E-state index is 0.0213. The number of amides is 1. The van der Waals surface area contributed by atoms with Crippen molar-refractivity contribution < 1.29 is 18.0 Å². The highest BCUT2D eigenvalue weighted by molar-refractivity contribution is 5.97. The fourth-order valence-corrected chi connectivity index (χ4v) is 2.45. The van der Waals surface area contributed by atoms with Gasteiger partial charge in [-0.15, -0.1) is 0 Å². The molecule has 0 bridgehead atoms. The van der Waals surface area contributed by atoms with Crippen molar-refractivity contribution in [2.24, 2.45) is 0 Å². The van der Waals surface area contributed by atoms with Crippen molar-refractivity contribution in [3.05, 3.63) is 41.4 Å². The van der Waals surface area contributed by atoms with E-state index in [0.717, 1.165) is 50.4 Å². The summed E-state index contributed by atoms with van der Waals surface area (Å²) in [5, 5.41) is 14.1. The van der Waals surface area contributed by atoms with Crippen LogP contribution in [0.3, 0.4) is 0 Å². The van der Waals surface area contributed by atoms with Crippen LogP contribution in [0, 0.1) is 28.8 Å². The highest BCUT2D eigenvalue weighted by atomic mass is 19.2. The van der Waals surface area contributed by atoms with Crippen LogP contribution in [0.25, 0.3) is 0 Å². The second-order valence-electron chi connectivity index (χ2n) is 5.35. The molecule has 0 unspecified atom stereocenters. The molecule has 1 aromatic rings. The number of halogens is 3. The summed E-state index contributed by atoms with van der Waals surface area (Å²) in [4.78, 5) is 12.0. The summed E-state index contributed by atoms with van der Waals surface area (Å²) in [6.45, 7) is 0. The molecule has 0 aromatic heterocycles. The van der Waals surface area contributed by atoms with E-state index in [1.54, 1.807) is 6.07 Å². The van der Waals surface area contributed by atoms with Crippen molar-refractivity contribution in [2.75, 3.05) is 5.32 Å². The van der Waals surface area contributed by atoms with Crippen LogP contribution in [0.4, 0.5) is 18.9 Å². The largest absolute Gasteiger partial charge is 0.358 e. The Labute approximate surface area is 132 Å². The van der Waals surface area contributed by atoms with Gasteiger partial charge in [-0.25, -0.2) is 13.2 Å². The molecule has 0 spiro atoms. The lowest BCUT2D eigenvalue weighted by molar-refractivity contribution is -0.118. The van der Waals surface area contributed by atoms with Crippen molar-refractivity contribution >= 4 is 11.6 Å². The van der Waals surface area contributed by atoms with Gasteiger partial charge < -0.3 is 10.6 Å². The molecule has 0 saturated heterocycles. The number of hydrogen-bond donors (Lipinski definition) is 2. The molecule has 1 amide bonds. The Morgan fingerprint density at radius 1 is 1.17 bits per heavy atom. The fraction of sp³-hybridized carbons (Fsp3) is 0.375. The van der Waals surface area contributed by atoms with Gasteiger partial charge in [-0.3, -0.25) is 4.79 Å². The van der Waals surface area contributed by atoms with Gasteiger partial charge in [0.1, 0.15) is 11.6 Å². The molecule has 4 nitrogen and oxygen atoms in total. The van der Waals surface area contributed by atoms with E-state index in [1.807, 2.05) is 0 Å². The van der Waals surface area contributed by atoms with Crippen molar-refractivity contribution in [2.45, 2.75) is 38.1 Å². The van der Waals surface area contributed by atoms with Crippen molar-refractivity contribution in [1.82, 2.24) is 5.32 Å². The smallest absolute Gasteiger partial charge is 0.263 e. The second-order valence-corrected chi connectivity index (χ2v) is 5.35. The van der Waals surface area contributed by atoms with Gasteiger partial charge in [0, 0.05) is 12.2 Å². The lowest BCUT2D eigenvalue weighted by Crippen LogP contribution is -2.37. The molecular weight excluding hydrogens is 307 g/mol. The van der Waals surface area contributed by atoms with Crippen LogP contribution < -0.4 is 10.6 Å². The molecule has 0 aliphatic heterocycles. The van der Waals surface area contributed by atoms with E-state index in [0.29, 0.717) is 0 Å². The zero-order valence-corrected chi connectivity index (χ0v) is 12.3. The molecule has 7 heteroatoms. The zero-order chi connectivity index (χ0) is 16.8. The third kappa shape index (κ3) is 4.25. The molecule has 122 valence electrons. The van der Waals surface area contributed by atoms with Crippen LogP contribution in [0.5, 0.6) is 0 Å². The Morgan fingerprint density at radius 2 is 1.87 bits per heavy atom. The van der Waals surface area contributed by atoms with E-state index < -0.39 is 23.4 Å². The number of hydrogen-bond acceptors (Lipinski definition) is 3. The lowest BCUT2D eigenvalue weighted by atomic mass is 9.95. The van der Waals surface area contributed by atoms with Crippen LogP contribution in [-0.4, -0.2) is 11.9 Å². The number of nitriles is 1. The second kappa shape index (κ2) is 7.68. The van der Waals surface area contributed by atoms with Crippen molar-refractivity contribution in [3.8, 4) is 6.07 Å². The molecule has 2 N–H and O–H groups in total. The summed E-state index contributed by atoms with van der Waals surface area (Å²) >= 11 is 0. The number of carbonyl (C=O) groups is 1. The van der Waals surface area contributed by atoms with Crippen molar-refractivity contribution in [3.63, 3.8) is 0 Å². The fourth-order valence-electron chi connectivity index (χ4n) is 2.45. The first kappa shape index (κ1) is 16.9. The van der Waals surface area contributed by atoms with Crippen LogP contribution >= 0.6 is 0 Å². The molecule has 2 rings (SSSR count). The van der Waals surface area contributed by atoms with Gasteiger partial charge in [0.05, 0.1) is 5.69 Å². The molecule has 23 heavy (non-hydrogen) atoms. The molecule has 0 heterocycles. The third-order valence-corrected chi connectivity index (χ3v) is 3.71. The van der Waals surface area contributed by atoms with Gasteiger partial charge in [-0.1, -0.05) is 19.3 Å². The first-order valence-electron chi connectivity index (χ1n) is 7.34. The quantitative estimate of drug-likeness (QED) is 0.507. The summed E-state index contributed by atoms with van der Waals surface area (Å²) in [6, 6.07) is 3.46. The summed E-state index contributed by atoms with van der Waals surface area (Å²) < 4.78 is 39.4. The molecular formula is C16H16F3N3O. The topological polar surface area (TPSA) is 64.9 Å². The first-order valence-corrected chi connectivity index (χ1v) is 7.34. The summed E-state index contributed by atoms with van der Waals surface area (Å²) in [6.07, 6.45) is 5.87. The SMILES string of the molecule is N#C/C(=C/Nc1ccc(F)c(F)c1F)C(=O)NC1CCCCC1. The molecule has 1 aliphatic carbocycles. The number of rotatable bonds is 4. The standard InChI is InChI=1S/C16H16F3N3O/c17-12-6-7-13(15(19)14(12)18)21-9-10(8-20)16(23)22-11-4-2-1-3-5-11/h6-7,9,11,21H,1-5H2,(H,22,23)/b10-9-. The third-order valence-electron chi connectivity index (χ3n) is 3.71. The monoisotopic (exact) mass is 323 g/mol. The normalized spacial score (nSPS) is 15.8. The summed E-state index contributed by atoms with van der Waals surface area (Å²) in [5.74, 6) is -4.91. The van der Waals surface area contributed by atoms with Gasteiger partial charge in [0.15, 0.2) is 17.5 Å². The van der Waals surface area contributed by atoms with Gasteiger partial charge in [0.2, 0.25) is 0 Å². The predicted octanol–water partition coefficient (Wildman–Crippen LogP) is 3.37. The average Bonchev–Trinajstić information content (AvgIpc) is 2.56. The molecule has 1 fully saturated rings. The average molecular weight is 323 g/mol. The minimum Gasteiger partial charge on any atom is -0.358 e. The minimum atomic E-state index is -1.62. The molecule has 0 radical (unpaired) electrons. The van der Waals surface area contributed by atoms with E-state index in [2.05, 4.69) is 10.6 Å². The van der Waals surface area contributed by atoms with E-state index in [4.69, 9.17) is 5.26 Å². The van der Waals surface area contributed by atoms with Gasteiger partial charge >= 0.3 is 0 Å². The highest BCUT2D eigenvalue weighted by Gasteiger charge is 2.18. The van der Waals surface area contributed by atoms with E-state index in [-0.39, 0.29) is 17.3 Å². The molecule has 1 aliphatic rings. The van der Waals surface area contributed by atoms with Crippen LogP contribution in [-0.2, 0) is 4.79 Å². The van der Waals surface area contributed by atoms with Crippen LogP contribution in [0.15, 0.2) is 23.9 Å². The molecule has 1 saturated carbocycles. The summed E-state index contributed by atoms with van der Waals surface area (Å²) in [7, 11) is 0. The Balaban J connectivity index is 2.05. The van der Waals surface area contributed by atoms with E-state index in [1.165, 1.54) is 0 Å². The number of carbonyl (C=O) groups excluding carboxylic acids is 1. The number of anilines is 1. The molecule has 1 aromatic carbocycles. The van der Waals surface area contributed by atoms with Crippen molar-refractivity contribution in [1.29, 1.82) is 5.26 Å². The Kier molecular flexibility index (Phi) is 5.63. The lowest BCUT2D eigenvalue weighted by Gasteiger charge is -2.22. The molecule has 0 atom stereocenters. The maximum atomic E-state index is 13.5. The van der Waals surface area contributed by atoms with E-state index >= 15 is 0 Å². The van der Waals surface area contributed by atoms with Gasteiger partial charge in [-0.05, 0) is 25.0 Å². The number of nitrogens with one attached hydrogen (secondary N) is 2. The number of nitrogens with zero attached hydrogens (tertiary/aromatic N) is 1. The summed E-state index contributed by atoms with van der Waals surface area (Å²) in [5.41, 5.74) is -0.623. The van der Waals surface area contributed by atoms with Gasteiger partial charge in [0.25, 0.3) is 5.91 Å². The Bertz CT molecular complexity index is 661. The Morgan fingerprint density at radius 3 is 2.52 bits per heavy atom. The zero-order valence-electron chi connectivity index (χ0n) is 12.3. The predicted molar refractivity (Wildman–Crippen MR) is 78.7 cm³/mol. The van der Waals surface area contributed by atoms with Gasteiger partial charge in [-0.2, -0.15) is 5.26 Å². The van der Waals surface area contributed by atoms with Crippen LogP contribution in [0.2, 0.25) is 0 Å². The Hall–Kier alpha value is -2.49. The van der Waals surface area contributed by atoms with Crippen LogP contribution in [0.1, 0.15) is 32.1 Å². The van der Waals surface area contributed by atoms with E-state index in [9.17, 15) is 18.0 Å². The first-order chi connectivity index (χ1) is 11.0. The maximum absolute atomic E-state index is 13.5.